The summed E-state index contributed by atoms with van der Waals surface area (Å²) in [5, 5.41) is 0. The van der Waals surface area contributed by atoms with Gasteiger partial charge in [-0.05, 0) is 93.3 Å². The van der Waals surface area contributed by atoms with E-state index in [-0.39, 0.29) is 31.0 Å². The fraction of sp³-hybridized carbons (Fsp3) is 0.519. The van der Waals surface area contributed by atoms with Crippen LogP contribution in [-0.2, 0) is 48.2 Å². The van der Waals surface area contributed by atoms with E-state index in [2.05, 4.69) is 77.4 Å². The molecule has 1 saturated heterocycles. The SMILES string of the molecule is CC(OCOc1ccc(COC2CN(C(=O)OC(C)(C)C)CC(OCc3ccc(OCOC(C)[Si](C)(C)C)cc3)C2c2ccc(OCCCOCc3ccccc3)cc2)cc1)[Si](C)(C)C. The maximum atomic E-state index is 13.7. The van der Waals surface area contributed by atoms with E-state index in [1.807, 2.05) is 99.6 Å². The number of piperidine rings is 1. The van der Waals surface area contributed by atoms with Gasteiger partial charge in [0.1, 0.15) is 22.8 Å². The van der Waals surface area contributed by atoms with Crippen molar-refractivity contribution in [2.24, 2.45) is 0 Å². The molecule has 1 aliphatic rings. The summed E-state index contributed by atoms with van der Waals surface area (Å²) in [5.74, 6) is 1.99. The summed E-state index contributed by atoms with van der Waals surface area (Å²) in [4.78, 5) is 15.5. The van der Waals surface area contributed by atoms with Gasteiger partial charge in [-0.15, -0.1) is 0 Å². The van der Waals surface area contributed by atoms with Crippen LogP contribution < -0.4 is 14.2 Å². The molecule has 5 rings (SSSR count). The summed E-state index contributed by atoms with van der Waals surface area (Å²) >= 11 is 0. The molecule has 1 aliphatic heterocycles. The van der Waals surface area contributed by atoms with Gasteiger partial charge in [0.2, 0.25) is 0 Å². The standard InChI is InChI=1S/C52H75NO10Si2/c1-39(64(6,7)8)59-37-61-46-24-18-42(19-25-46)35-57-48-32-53(51(54)63-52(3,4)5)33-49(58-36-43-20-26-47(27-21-43)62-38-60-40(2)65(9,10)11)50(48)44-22-28-45(29-23-44)56-31-15-30-55-34-41-16-13-12-14-17-41/h12-14,16-29,39-40,48-50H,15,30-38H2,1-11H3. The molecule has 0 aliphatic carbocycles. The first-order chi connectivity index (χ1) is 30.8. The first kappa shape index (κ1) is 51.8. The van der Waals surface area contributed by atoms with Crippen molar-refractivity contribution >= 4 is 22.2 Å². The molecule has 4 aromatic rings. The third kappa shape index (κ3) is 17.8. The fourth-order valence-corrected chi connectivity index (χ4v) is 7.91. The molecule has 1 fully saturated rings. The zero-order chi connectivity index (χ0) is 47.0. The highest BCUT2D eigenvalue weighted by Gasteiger charge is 2.42. The van der Waals surface area contributed by atoms with Crippen LogP contribution in [0.4, 0.5) is 4.79 Å². The van der Waals surface area contributed by atoms with Crippen LogP contribution in [0.5, 0.6) is 17.2 Å². The van der Waals surface area contributed by atoms with Crippen LogP contribution >= 0.6 is 0 Å². The number of carbonyl (C=O) groups is 1. The van der Waals surface area contributed by atoms with E-state index in [9.17, 15) is 4.79 Å². The van der Waals surface area contributed by atoms with Crippen LogP contribution in [-0.4, -0.2) is 96.3 Å². The van der Waals surface area contributed by atoms with Crippen LogP contribution in [0.1, 0.15) is 69.2 Å². The number of hydrogen-bond acceptors (Lipinski definition) is 10. The topological polar surface area (TPSA) is 103 Å². The number of hydrogen-bond donors (Lipinski definition) is 0. The van der Waals surface area contributed by atoms with E-state index in [4.69, 9.17) is 42.6 Å². The van der Waals surface area contributed by atoms with Gasteiger partial charge in [0, 0.05) is 23.8 Å². The monoisotopic (exact) mass is 929 g/mol. The molecule has 0 N–H and O–H groups in total. The number of likely N-dealkylation sites (tertiary alicyclic amines) is 1. The average molecular weight is 930 g/mol. The van der Waals surface area contributed by atoms with Crippen molar-refractivity contribution in [1.29, 1.82) is 0 Å². The Hall–Kier alpha value is -4.22. The molecule has 0 aromatic heterocycles. The molecule has 356 valence electrons. The lowest BCUT2D eigenvalue weighted by atomic mass is 9.84. The maximum absolute atomic E-state index is 13.7. The Labute approximate surface area is 391 Å². The van der Waals surface area contributed by atoms with Crippen molar-refractivity contribution in [2.75, 3.05) is 39.9 Å². The van der Waals surface area contributed by atoms with Crippen molar-refractivity contribution in [3.05, 3.63) is 125 Å². The third-order valence-electron chi connectivity index (χ3n) is 11.6. The zero-order valence-electron chi connectivity index (χ0n) is 40.8. The summed E-state index contributed by atoms with van der Waals surface area (Å²) in [7, 11) is -2.86. The maximum Gasteiger partial charge on any atom is 0.410 e. The quantitative estimate of drug-likeness (QED) is 0.0383. The smallest absolute Gasteiger partial charge is 0.410 e. The Morgan fingerprint density at radius 2 is 1.05 bits per heavy atom. The van der Waals surface area contributed by atoms with Crippen LogP contribution in [0.15, 0.2) is 103 Å². The molecular formula is C52H75NO10Si2. The lowest BCUT2D eigenvalue weighted by molar-refractivity contribution is -0.100. The van der Waals surface area contributed by atoms with E-state index >= 15 is 0 Å². The molecule has 13 heteroatoms. The van der Waals surface area contributed by atoms with Crippen molar-refractivity contribution in [1.82, 2.24) is 4.90 Å². The minimum atomic E-state index is -1.43. The second-order valence-corrected chi connectivity index (χ2v) is 31.2. The summed E-state index contributed by atoms with van der Waals surface area (Å²) in [6.07, 6.45) is -0.511. The molecular weight excluding hydrogens is 855 g/mol. The predicted molar refractivity (Wildman–Crippen MR) is 262 cm³/mol. The normalized spacial score (nSPS) is 17.9. The Morgan fingerprint density at radius 1 is 0.600 bits per heavy atom. The van der Waals surface area contributed by atoms with Gasteiger partial charge in [0.05, 0.1) is 74.5 Å². The van der Waals surface area contributed by atoms with Gasteiger partial charge in [-0.25, -0.2) is 4.79 Å². The number of rotatable bonds is 24. The van der Waals surface area contributed by atoms with Crippen molar-refractivity contribution in [3.8, 4) is 17.2 Å². The highest BCUT2D eigenvalue weighted by Crippen LogP contribution is 2.36. The third-order valence-corrected chi connectivity index (χ3v) is 16.8. The molecule has 0 radical (unpaired) electrons. The second kappa shape index (κ2) is 24.5. The van der Waals surface area contributed by atoms with Crippen molar-refractivity contribution < 1.29 is 47.4 Å². The zero-order valence-corrected chi connectivity index (χ0v) is 42.8. The molecule has 1 heterocycles. The molecule has 4 atom stereocenters. The van der Waals surface area contributed by atoms with Gasteiger partial charge < -0.3 is 47.5 Å². The molecule has 0 saturated carbocycles. The summed E-state index contributed by atoms with van der Waals surface area (Å²) in [6, 6.07) is 34.0. The predicted octanol–water partition coefficient (Wildman–Crippen LogP) is 11.4. The molecule has 0 bridgehead atoms. The summed E-state index contributed by atoms with van der Waals surface area (Å²) in [5.41, 5.74) is 3.80. The van der Waals surface area contributed by atoms with Gasteiger partial charge >= 0.3 is 6.09 Å². The average Bonchev–Trinajstić information content (AvgIpc) is 3.26. The molecule has 65 heavy (non-hydrogen) atoms. The van der Waals surface area contributed by atoms with Crippen LogP contribution in [0.3, 0.4) is 0 Å². The first-order valence-corrected chi connectivity index (χ1v) is 30.2. The van der Waals surface area contributed by atoms with Crippen molar-refractivity contribution in [2.45, 2.75) is 135 Å². The highest BCUT2D eigenvalue weighted by atomic mass is 28.3. The van der Waals surface area contributed by atoms with Crippen LogP contribution in [0, 0.1) is 0 Å². The molecule has 4 unspecified atom stereocenters. The Bertz CT molecular complexity index is 1900. The Kier molecular flexibility index (Phi) is 19.5. The van der Waals surface area contributed by atoms with Gasteiger partial charge in [-0.1, -0.05) is 106 Å². The van der Waals surface area contributed by atoms with E-state index in [0.717, 1.165) is 45.9 Å². The van der Waals surface area contributed by atoms with Crippen LogP contribution in [0.25, 0.3) is 0 Å². The number of amides is 1. The number of ether oxygens (including phenoxy) is 9. The summed E-state index contributed by atoms with van der Waals surface area (Å²) < 4.78 is 55.3. The van der Waals surface area contributed by atoms with E-state index < -0.39 is 40.0 Å². The Morgan fingerprint density at radius 3 is 1.51 bits per heavy atom. The fourth-order valence-electron chi connectivity index (χ4n) is 6.77. The number of nitrogens with zero attached hydrogens (tertiary/aromatic N) is 1. The highest BCUT2D eigenvalue weighted by molar-refractivity contribution is 6.77. The van der Waals surface area contributed by atoms with E-state index in [0.29, 0.717) is 46.1 Å². The van der Waals surface area contributed by atoms with Gasteiger partial charge in [-0.3, -0.25) is 0 Å². The van der Waals surface area contributed by atoms with E-state index in [1.54, 1.807) is 4.90 Å². The molecule has 11 nitrogen and oxygen atoms in total. The molecule has 4 aromatic carbocycles. The van der Waals surface area contributed by atoms with Crippen LogP contribution in [0.2, 0.25) is 39.3 Å². The van der Waals surface area contributed by atoms with Gasteiger partial charge in [0.25, 0.3) is 0 Å². The Balaban J connectivity index is 1.30. The van der Waals surface area contributed by atoms with Crippen molar-refractivity contribution in [3.63, 3.8) is 0 Å². The lowest BCUT2D eigenvalue weighted by Gasteiger charge is -2.43. The number of benzene rings is 4. The van der Waals surface area contributed by atoms with Gasteiger partial charge in [-0.2, -0.15) is 0 Å². The number of carbonyl (C=O) groups excluding carboxylic acids is 1. The lowest BCUT2D eigenvalue weighted by Crippen LogP contribution is -2.55. The largest absolute Gasteiger partial charge is 0.494 e. The molecule has 0 spiro atoms. The minimum absolute atomic E-state index is 0.181. The minimum Gasteiger partial charge on any atom is -0.494 e. The molecule has 1 amide bonds. The second-order valence-electron chi connectivity index (χ2n) is 20.1. The van der Waals surface area contributed by atoms with E-state index in [1.165, 1.54) is 0 Å². The summed E-state index contributed by atoms with van der Waals surface area (Å²) in [6.45, 7) is 26.9. The first-order valence-electron chi connectivity index (χ1n) is 23.1. The van der Waals surface area contributed by atoms with Gasteiger partial charge in [0.15, 0.2) is 13.6 Å².